The van der Waals surface area contributed by atoms with E-state index in [9.17, 15) is 14.4 Å². The number of ketones is 1. The normalized spacial score (nSPS) is 20.8. The van der Waals surface area contributed by atoms with Gasteiger partial charge in [0.1, 0.15) is 0 Å². The van der Waals surface area contributed by atoms with Gasteiger partial charge < -0.3 is 10.1 Å². The fraction of sp³-hybridized carbons (Fsp3) is 0.471. The molecular formula is C17H21NO4. The van der Waals surface area contributed by atoms with Crippen LogP contribution in [0, 0.1) is 11.8 Å². The van der Waals surface area contributed by atoms with E-state index in [2.05, 4.69) is 5.32 Å². The van der Waals surface area contributed by atoms with Crippen molar-refractivity contribution >= 4 is 17.7 Å². The highest BCUT2D eigenvalue weighted by Gasteiger charge is 2.40. The van der Waals surface area contributed by atoms with Crippen molar-refractivity contribution < 1.29 is 19.1 Å². The van der Waals surface area contributed by atoms with Crippen LogP contribution in [-0.2, 0) is 25.5 Å². The Morgan fingerprint density at radius 2 is 1.91 bits per heavy atom. The molecule has 1 N–H and O–H groups in total. The van der Waals surface area contributed by atoms with Gasteiger partial charge in [0.2, 0.25) is 0 Å². The molecule has 1 amide bonds. The Kier molecular flexibility index (Phi) is 5.31. The zero-order valence-corrected chi connectivity index (χ0v) is 12.9. The predicted molar refractivity (Wildman–Crippen MR) is 81.0 cm³/mol. The molecule has 118 valence electrons. The quantitative estimate of drug-likeness (QED) is 0.775. The minimum Gasteiger partial charge on any atom is -0.455 e. The summed E-state index contributed by atoms with van der Waals surface area (Å²) in [7, 11) is 0. The molecule has 0 spiro atoms. The monoisotopic (exact) mass is 303 g/mol. The van der Waals surface area contributed by atoms with Crippen LogP contribution >= 0.6 is 0 Å². The second-order valence-corrected chi connectivity index (χ2v) is 5.85. The van der Waals surface area contributed by atoms with Crippen molar-refractivity contribution in [1.82, 2.24) is 5.32 Å². The van der Waals surface area contributed by atoms with Crippen LogP contribution in [0.3, 0.4) is 0 Å². The number of amides is 1. The first kappa shape index (κ1) is 16.2. The van der Waals surface area contributed by atoms with Crippen molar-refractivity contribution in [2.45, 2.75) is 32.7 Å². The summed E-state index contributed by atoms with van der Waals surface area (Å²) < 4.78 is 4.97. The Labute approximate surface area is 130 Å². The molecule has 5 heteroatoms. The maximum atomic E-state index is 11.8. The van der Waals surface area contributed by atoms with E-state index in [1.54, 1.807) is 0 Å². The number of hydrogen-bond donors (Lipinski definition) is 1. The van der Waals surface area contributed by atoms with Crippen molar-refractivity contribution in [3.8, 4) is 0 Å². The molecule has 1 aliphatic rings. The Balaban J connectivity index is 1.81. The summed E-state index contributed by atoms with van der Waals surface area (Å²) >= 11 is 0. The Bertz CT molecular complexity index is 555. The third-order valence-electron chi connectivity index (χ3n) is 3.87. The maximum Gasteiger partial charge on any atom is 0.309 e. The molecule has 0 bridgehead atoms. The smallest absolute Gasteiger partial charge is 0.309 e. The molecule has 0 radical (unpaired) electrons. The number of carbonyl (C=O) groups excluding carboxylic acids is 3. The number of esters is 1. The number of Topliss-reactive ketones (excluding diaryl/α,β-unsaturated/α-hetero) is 1. The van der Waals surface area contributed by atoms with Gasteiger partial charge in [-0.25, -0.2) is 0 Å². The average molecular weight is 303 g/mol. The van der Waals surface area contributed by atoms with Crippen molar-refractivity contribution in [2.75, 3.05) is 6.61 Å². The van der Waals surface area contributed by atoms with Gasteiger partial charge in [0.05, 0.1) is 12.0 Å². The van der Waals surface area contributed by atoms with Gasteiger partial charge in [-0.2, -0.15) is 0 Å². The van der Waals surface area contributed by atoms with E-state index in [1.165, 1.54) is 6.92 Å². The molecule has 0 aliphatic heterocycles. The molecule has 2 rings (SSSR count). The van der Waals surface area contributed by atoms with Crippen LogP contribution in [0.25, 0.3) is 0 Å². The van der Waals surface area contributed by atoms with Crippen LogP contribution in [0.5, 0.6) is 0 Å². The number of hydrogen-bond acceptors (Lipinski definition) is 4. The largest absolute Gasteiger partial charge is 0.455 e. The van der Waals surface area contributed by atoms with Crippen molar-refractivity contribution in [3.63, 3.8) is 0 Å². The predicted octanol–water partition coefficient (Wildman–Crippen LogP) is 1.50. The number of benzene rings is 1. The third-order valence-corrected chi connectivity index (χ3v) is 3.87. The van der Waals surface area contributed by atoms with Gasteiger partial charge in [-0.05, 0) is 31.2 Å². The minimum absolute atomic E-state index is 0.0688. The molecule has 1 aromatic rings. The fourth-order valence-corrected chi connectivity index (χ4v) is 2.28. The second-order valence-electron chi connectivity index (χ2n) is 5.85. The van der Waals surface area contributed by atoms with E-state index >= 15 is 0 Å². The second kappa shape index (κ2) is 7.20. The van der Waals surface area contributed by atoms with Crippen LogP contribution < -0.4 is 5.32 Å². The first-order valence-corrected chi connectivity index (χ1v) is 7.47. The number of carbonyl (C=O) groups is 3. The topological polar surface area (TPSA) is 72.5 Å². The average Bonchev–Trinajstić information content (AvgIpc) is 3.22. The van der Waals surface area contributed by atoms with Crippen LogP contribution in [0.15, 0.2) is 30.3 Å². The summed E-state index contributed by atoms with van der Waals surface area (Å²) in [6.45, 7) is 3.07. The standard InChI is InChI=1S/C17H21NO4/c1-11-8-14(11)17(21)22-10-16(20)18-15(12(2)19)9-13-6-4-3-5-7-13/h3-7,11,14-15H,8-10H2,1-2H3,(H,18,20)/t11-,14+,15+/m1/s1. The van der Waals surface area contributed by atoms with E-state index in [-0.39, 0.29) is 24.3 Å². The molecule has 0 heterocycles. The zero-order chi connectivity index (χ0) is 16.1. The van der Waals surface area contributed by atoms with Crippen molar-refractivity contribution in [1.29, 1.82) is 0 Å². The van der Waals surface area contributed by atoms with E-state index in [0.29, 0.717) is 12.3 Å². The summed E-state index contributed by atoms with van der Waals surface area (Å²) in [5.41, 5.74) is 0.965. The molecule has 1 aliphatic carbocycles. The van der Waals surface area contributed by atoms with Gasteiger partial charge in [-0.3, -0.25) is 14.4 Å². The van der Waals surface area contributed by atoms with E-state index in [1.807, 2.05) is 37.3 Å². The van der Waals surface area contributed by atoms with Gasteiger partial charge in [0.15, 0.2) is 12.4 Å². The van der Waals surface area contributed by atoms with Crippen LogP contribution in [0.1, 0.15) is 25.8 Å². The van der Waals surface area contributed by atoms with Gasteiger partial charge in [-0.15, -0.1) is 0 Å². The molecule has 5 nitrogen and oxygen atoms in total. The molecule has 1 aromatic carbocycles. The van der Waals surface area contributed by atoms with E-state index in [4.69, 9.17) is 4.74 Å². The van der Waals surface area contributed by atoms with Gasteiger partial charge in [0.25, 0.3) is 5.91 Å². The molecule has 1 saturated carbocycles. The number of nitrogens with one attached hydrogen (secondary N) is 1. The summed E-state index contributed by atoms with van der Waals surface area (Å²) in [6.07, 6.45) is 1.25. The Hall–Kier alpha value is -2.17. The highest BCUT2D eigenvalue weighted by atomic mass is 16.5. The molecule has 1 fully saturated rings. The zero-order valence-electron chi connectivity index (χ0n) is 12.9. The summed E-state index contributed by atoms with van der Waals surface area (Å²) in [5.74, 6) is -0.624. The lowest BCUT2D eigenvalue weighted by molar-refractivity contribution is -0.150. The highest BCUT2D eigenvalue weighted by molar-refractivity contribution is 5.89. The van der Waals surface area contributed by atoms with Crippen LogP contribution in [0.4, 0.5) is 0 Å². The van der Waals surface area contributed by atoms with Gasteiger partial charge >= 0.3 is 5.97 Å². The van der Waals surface area contributed by atoms with Crippen LogP contribution in [-0.4, -0.2) is 30.3 Å². The summed E-state index contributed by atoms with van der Waals surface area (Å²) in [5, 5.41) is 2.63. The molecule has 0 aromatic heterocycles. The Morgan fingerprint density at radius 1 is 1.27 bits per heavy atom. The lowest BCUT2D eigenvalue weighted by Crippen LogP contribution is -2.43. The fourth-order valence-electron chi connectivity index (χ4n) is 2.28. The summed E-state index contributed by atoms with van der Waals surface area (Å²) in [4.78, 5) is 35.1. The summed E-state index contributed by atoms with van der Waals surface area (Å²) in [6, 6.07) is 8.85. The Morgan fingerprint density at radius 3 is 2.45 bits per heavy atom. The first-order chi connectivity index (χ1) is 10.5. The van der Waals surface area contributed by atoms with Crippen molar-refractivity contribution in [3.05, 3.63) is 35.9 Å². The minimum atomic E-state index is -0.603. The van der Waals surface area contributed by atoms with Crippen molar-refractivity contribution in [2.24, 2.45) is 11.8 Å². The van der Waals surface area contributed by atoms with Gasteiger partial charge in [0, 0.05) is 0 Å². The van der Waals surface area contributed by atoms with E-state index < -0.39 is 11.9 Å². The molecule has 3 atom stereocenters. The molecular weight excluding hydrogens is 282 g/mol. The SMILES string of the molecule is CC(=O)[C@H](Cc1ccccc1)NC(=O)COC(=O)[C@H]1C[C@H]1C. The molecule has 22 heavy (non-hydrogen) atoms. The van der Waals surface area contributed by atoms with E-state index in [0.717, 1.165) is 12.0 Å². The maximum absolute atomic E-state index is 11.8. The first-order valence-electron chi connectivity index (χ1n) is 7.47. The van der Waals surface area contributed by atoms with Crippen LogP contribution in [0.2, 0.25) is 0 Å². The number of rotatable bonds is 7. The molecule has 0 unspecified atom stereocenters. The molecule has 0 saturated heterocycles. The number of ether oxygens (including phenoxy) is 1. The lowest BCUT2D eigenvalue weighted by Gasteiger charge is -2.16. The van der Waals surface area contributed by atoms with Gasteiger partial charge in [-0.1, -0.05) is 37.3 Å². The third kappa shape index (κ3) is 4.69. The lowest BCUT2D eigenvalue weighted by atomic mass is 10.0. The highest BCUT2D eigenvalue weighted by Crippen LogP contribution is 2.38.